The number of ketones is 1. The van der Waals surface area contributed by atoms with Crippen LogP contribution in [0.5, 0.6) is 0 Å². The third-order valence-corrected chi connectivity index (χ3v) is 2.14. The first-order valence-electron chi connectivity index (χ1n) is 4.46. The lowest BCUT2D eigenvalue weighted by atomic mass is 10.1. The molecule has 0 radical (unpaired) electrons. The van der Waals surface area contributed by atoms with Crippen molar-refractivity contribution in [1.82, 2.24) is 0 Å². The van der Waals surface area contributed by atoms with E-state index in [-0.39, 0.29) is 5.78 Å². The van der Waals surface area contributed by atoms with E-state index >= 15 is 0 Å². The predicted molar refractivity (Wildman–Crippen MR) is 55.7 cm³/mol. The molecule has 0 aliphatic rings. The Kier molecular flexibility index (Phi) is 4.33. The average Bonchev–Trinajstić information content (AvgIpc) is 2.19. The van der Waals surface area contributed by atoms with Gasteiger partial charge in [0.05, 0.1) is 0 Å². The van der Waals surface area contributed by atoms with Crippen molar-refractivity contribution >= 4 is 23.7 Å². The number of halogens is 1. The van der Waals surface area contributed by atoms with E-state index in [1.807, 2.05) is 0 Å². The largest absolute Gasteiger partial charge is 0.303 e. The highest BCUT2D eigenvalue weighted by Gasteiger charge is 2.04. The highest BCUT2D eigenvalue weighted by Crippen LogP contribution is 2.12. The lowest BCUT2D eigenvalue weighted by Crippen LogP contribution is -1.98. The summed E-state index contributed by atoms with van der Waals surface area (Å²) in [6, 6.07) is 6.78. The van der Waals surface area contributed by atoms with E-state index in [1.165, 1.54) is 0 Å². The van der Waals surface area contributed by atoms with Gasteiger partial charge in [0.1, 0.15) is 6.29 Å². The third kappa shape index (κ3) is 3.30. The molecule has 0 spiro atoms. The van der Waals surface area contributed by atoms with Gasteiger partial charge in [0.25, 0.3) is 0 Å². The number of carbonyl (C=O) groups is 2. The van der Waals surface area contributed by atoms with Crippen LogP contribution in [0.1, 0.15) is 29.6 Å². The van der Waals surface area contributed by atoms with Crippen molar-refractivity contribution in [2.75, 3.05) is 0 Å². The van der Waals surface area contributed by atoms with Crippen LogP contribution < -0.4 is 0 Å². The second-order valence-electron chi connectivity index (χ2n) is 2.99. The molecule has 0 unspecified atom stereocenters. The van der Waals surface area contributed by atoms with Gasteiger partial charge < -0.3 is 4.79 Å². The fourth-order valence-corrected chi connectivity index (χ4v) is 1.25. The topological polar surface area (TPSA) is 34.1 Å². The van der Waals surface area contributed by atoms with Crippen LogP contribution in [-0.4, -0.2) is 12.1 Å². The summed E-state index contributed by atoms with van der Waals surface area (Å²) in [6.45, 7) is 0. The molecule has 0 saturated heterocycles. The zero-order chi connectivity index (χ0) is 10.4. The number of hydrogen-bond acceptors (Lipinski definition) is 2. The Labute approximate surface area is 87.9 Å². The summed E-state index contributed by atoms with van der Waals surface area (Å²) in [5.41, 5.74) is 0.653. The van der Waals surface area contributed by atoms with Gasteiger partial charge in [0, 0.05) is 23.4 Å². The van der Waals surface area contributed by atoms with Crippen molar-refractivity contribution in [2.45, 2.75) is 19.3 Å². The van der Waals surface area contributed by atoms with Crippen molar-refractivity contribution in [3.63, 3.8) is 0 Å². The Balaban J connectivity index is 2.52. The van der Waals surface area contributed by atoms with Crippen LogP contribution in [0.2, 0.25) is 5.02 Å². The lowest BCUT2D eigenvalue weighted by Gasteiger charge is -1.99. The zero-order valence-electron chi connectivity index (χ0n) is 7.70. The Morgan fingerprint density at radius 2 is 1.93 bits per heavy atom. The van der Waals surface area contributed by atoms with Gasteiger partial charge in [-0.3, -0.25) is 4.79 Å². The number of carbonyl (C=O) groups excluding carboxylic acids is 2. The molecule has 0 aromatic heterocycles. The van der Waals surface area contributed by atoms with Gasteiger partial charge in [-0.2, -0.15) is 0 Å². The van der Waals surface area contributed by atoms with Crippen molar-refractivity contribution in [3.8, 4) is 0 Å². The molecule has 1 aromatic rings. The van der Waals surface area contributed by atoms with Crippen LogP contribution in [0.25, 0.3) is 0 Å². The first kappa shape index (κ1) is 10.9. The summed E-state index contributed by atoms with van der Waals surface area (Å²) in [7, 11) is 0. The molecular weight excluding hydrogens is 200 g/mol. The monoisotopic (exact) mass is 210 g/mol. The number of hydrogen-bond donors (Lipinski definition) is 0. The van der Waals surface area contributed by atoms with Crippen LogP contribution in [0.15, 0.2) is 24.3 Å². The smallest absolute Gasteiger partial charge is 0.162 e. The molecule has 1 aromatic carbocycles. The van der Waals surface area contributed by atoms with Crippen LogP contribution in [0.4, 0.5) is 0 Å². The van der Waals surface area contributed by atoms with Gasteiger partial charge in [-0.25, -0.2) is 0 Å². The first-order valence-corrected chi connectivity index (χ1v) is 4.84. The minimum Gasteiger partial charge on any atom is -0.303 e. The lowest BCUT2D eigenvalue weighted by molar-refractivity contribution is -0.107. The summed E-state index contributed by atoms with van der Waals surface area (Å²) in [5, 5.41) is 0.620. The van der Waals surface area contributed by atoms with Gasteiger partial charge in [0.15, 0.2) is 5.78 Å². The minimum absolute atomic E-state index is 0.0588. The van der Waals surface area contributed by atoms with Gasteiger partial charge >= 0.3 is 0 Å². The number of Topliss-reactive ketones (excluding diaryl/α,β-unsaturated/α-hetero) is 1. The molecule has 0 N–H and O–H groups in total. The Morgan fingerprint density at radius 3 is 2.50 bits per heavy atom. The molecule has 0 fully saturated rings. The second-order valence-corrected chi connectivity index (χ2v) is 3.43. The van der Waals surface area contributed by atoms with E-state index < -0.39 is 0 Å². The number of benzene rings is 1. The van der Waals surface area contributed by atoms with Crippen molar-refractivity contribution in [3.05, 3.63) is 34.9 Å². The van der Waals surface area contributed by atoms with Crippen LogP contribution >= 0.6 is 11.6 Å². The summed E-state index contributed by atoms with van der Waals surface area (Å²) >= 11 is 5.69. The highest BCUT2D eigenvalue weighted by atomic mass is 35.5. The molecule has 0 aliphatic carbocycles. The third-order valence-electron chi connectivity index (χ3n) is 1.89. The molecule has 3 heteroatoms. The first-order chi connectivity index (χ1) is 6.74. The van der Waals surface area contributed by atoms with Gasteiger partial charge in [-0.05, 0) is 30.7 Å². The van der Waals surface area contributed by atoms with Crippen molar-refractivity contribution < 1.29 is 9.59 Å². The SMILES string of the molecule is O=CCCCC(=O)c1ccc(Cl)cc1. The van der Waals surface area contributed by atoms with Crippen molar-refractivity contribution in [1.29, 1.82) is 0 Å². The molecule has 0 saturated carbocycles. The minimum atomic E-state index is 0.0588. The maximum atomic E-state index is 11.5. The molecular formula is C11H11ClO2. The van der Waals surface area contributed by atoms with E-state index in [9.17, 15) is 9.59 Å². The number of unbranched alkanes of at least 4 members (excludes halogenated alkanes) is 1. The molecule has 0 bridgehead atoms. The van der Waals surface area contributed by atoms with E-state index in [0.29, 0.717) is 29.8 Å². The van der Waals surface area contributed by atoms with E-state index in [0.717, 1.165) is 6.29 Å². The average molecular weight is 211 g/mol. The van der Waals surface area contributed by atoms with Crippen LogP contribution in [0.3, 0.4) is 0 Å². The van der Waals surface area contributed by atoms with Gasteiger partial charge in [-0.1, -0.05) is 11.6 Å². The van der Waals surface area contributed by atoms with Crippen LogP contribution in [0, 0.1) is 0 Å². The predicted octanol–water partition coefficient (Wildman–Crippen LogP) is 2.89. The summed E-state index contributed by atoms with van der Waals surface area (Å²) in [6.07, 6.45) is 2.31. The van der Waals surface area contributed by atoms with Gasteiger partial charge in [-0.15, -0.1) is 0 Å². The van der Waals surface area contributed by atoms with Gasteiger partial charge in [0.2, 0.25) is 0 Å². The molecule has 14 heavy (non-hydrogen) atoms. The van der Waals surface area contributed by atoms with E-state index in [2.05, 4.69) is 0 Å². The fraction of sp³-hybridized carbons (Fsp3) is 0.273. The maximum absolute atomic E-state index is 11.5. The Bertz CT molecular complexity index is 317. The second kappa shape index (κ2) is 5.55. The van der Waals surface area contributed by atoms with E-state index in [1.54, 1.807) is 24.3 Å². The number of aldehydes is 1. The Morgan fingerprint density at radius 1 is 1.29 bits per heavy atom. The Hall–Kier alpha value is -1.15. The summed E-state index contributed by atoms with van der Waals surface area (Å²) in [5.74, 6) is 0.0588. The molecule has 74 valence electrons. The molecule has 2 nitrogen and oxygen atoms in total. The molecule has 0 atom stereocenters. The normalized spacial score (nSPS) is 9.79. The standard InChI is InChI=1S/C11H11ClO2/c12-10-6-4-9(5-7-10)11(14)3-1-2-8-13/h4-8H,1-3H2. The molecule has 1 rings (SSSR count). The summed E-state index contributed by atoms with van der Waals surface area (Å²) < 4.78 is 0. The maximum Gasteiger partial charge on any atom is 0.162 e. The van der Waals surface area contributed by atoms with Crippen LogP contribution in [-0.2, 0) is 4.79 Å². The fourth-order valence-electron chi connectivity index (χ4n) is 1.13. The summed E-state index contributed by atoms with van der Waals surface area (Å²) in [4.78, 5) is 21.5. The molecule has 0 aliphatic heterocycles. The zero-order valence-corrected chi connectivity index (χ0v) is 8.46. The molecule has 0 heterocycles. The van der Waals surface area contributed by atoms with E-state index in [4.69, 9.17) is 11.6 Å². The quantitative estimate of drug-likeness (QED) is 0.426. The van der Waals surface area contributed by atoms with Crippen molar-refractivity contribution in [2.24, 2.45) is 0 Å². The highest BCUT2D eigenvalue weighted by molar-refractivity contribution is 6.30. The molecule has 0 amide bonds. The number of rotatable bonds is 5.